The first-order valence-corrected chi connectivity index (χ1v) is 9.38. The summed E-state index contributed by atoms with van der Waals surface area (Å²) < 4.78 is 1.79. The second kappa shape index (κ2) is 7.69. The summed E-state index contributed by atoms with van der Waals surface area (Å²) in [4.78, 5) is 25.1. The van der Waals surface area contributed by atoms with Gasteiger partial charge in [0, 0.05) is 23.3 Å². The van der Waals surface area contributed by atoms with Gasteiger partial charge in [-0.05, 0) is 18.2 Å². The molecule has 3 aromatic heterocycles. The number of nitrogens with one attached hydrogen (secondary N) is 1. The van der Waals surface area contributed by atoms with Gasteiger partial charge in [-0.3, -0.25) is 9.36 Å². The third-order valence-corrected chi connectivity index (χ3v) is 5.05. The monoisotopic (exact) mass is 395 g/mol. The molecule has 27 heavy (non-hydrogen) atoms. The van der Waals surface area contributed by atoms with Crippen LogP contribution in [0.2, 0.25) is 5.02 Å². The molecular weight excluding hydrogens is 382 g/mol. The van der Waals surface area contributed by atoms with Gasteiger partial charge in [0.15, 0.2) is 0 Å². The standard InChI is InChI=1S/C19H14ClN5OS/c20-16-4-2-1-3-15(16)19-24-14(11-27-19)9-18(26)23-13-5-6-17(22-10-13)25-8-7-21-12-25/h1-8,10-12H,9H2,(H,23,26). The van der Waals surface area contributed by atoms with E-state index in [9.17, 15) is 4.79 Å². The first-order valence-electron chi connectivity index (χ1n) is 8.12. The molecule has 0 bridgehead atoms. The van der Waals surface area contributed by atoms with Crippen molar-refractivity contribution in [2.45, 2.75) is 6.42 Å². The van der Waals surface area contributed by atoms with Gasteiger partial charge >= 0.3 is 0 Å². The van der Waals surface area contributed by atoms with Crippen LogP contribution in [0.1, 0.15) is 5.69 Å². The third-order valence-electron chi connectivity index (χ3n) is 3.80. The van der Waals surface area contributed by atoms with Gasteiger partial charge in [-0.25, -0.2) is 15.0 Å². The van der Waals surface area contributed by atoms with E-state index in [1.807, 2.05) is 35.7 Å². The summed E-state index contributed by atoms with van der Waals surface area (Å²) in [7, 11) is 0. The molecule has 3 heterocycles. The number of rotatable bonds is 5. The Morgan fingerprint density at radius 2 is 2.11 bits per heavy atom. The van der Waals surface area contributed by atoms with Crippen LogP contribution in [0, 0.1) is 0 Å². The molecule has 134 valence electrons. The highest BCUT2D eigenvalue weighted by molar-refractivity contribution is 7.13. The van der Waals surface area contributed by atoms with Crippen molar-refractivity contribution >= 4 is 34.5 Å². The molecule has 4 aromatic rings. The van der Waals surface area contributed by atoms with E-state index in [4.69, 9.17) is 11.6 Å². The highest BCUT2D eigenvalue weighted by atomic mass is 35.5. The molecule has 8 heteroatoms. The molecule has 6 nitrogen and oxygen atoms in total. The summed E-state index contributed by atoms with van der Waals surface area (Å²) in [5.41, 5.74) is 2.20. The largest absolute Gasteiger partial charge is 0.324 e. The quantitative estimate of drug-likeness (QED) is 0.549. The number of amides is 1. The second-order valence-electron chi connectivity index (χ2n) is 5.72. The van der Waals surface area contributed by atoms with Crippen molar-refractivity contribution in [3.8, 4) is 16.4 Å². The molecule has 0 atom stereocenters. The number of carbonyl (C=O) groups excluding carboxylic acids is 1. The van der Waals surface area contributed by atoms with Crippen molar-refractivity contribution in [1.29, 1.82) is 0 Å². The molecule has 1 N–H and O–H groups in total. The first-order chi connectivity index (χ1) is 13.2. The normalized spacial score (nSPS) is 10.7. The van der Waals surface area contributed by atoms with Gasteiger partial charge in [0.05, 0.1) is 29.0 Å². The van der Waals surface area contributed by atoms with Crippen LogP contribution in [0.25, 0.3) is 16.4 Å². The SMILES string of the molecule is O=C(Cc1csc(-c2ccccc2Cl)n1)Nc1ccc(-n2ccnc2)nc1. The number of anilines is 1. The molecule has 0 aliphatic rings. The highest BCUT2D eigenvalue weighted by Gasteiger charge is 2.11. The fraction of sp³-hybridized carbons (Fsp3) is 0.0526. The Morgan fingerprint density at radius 1 is 1.22 bits per heavy atom. The summed E-state index contributed by atoms with van der Waals surface area (Å²) in [5, 5.41) is 6.16. The zero-order valence-corrected chi connectivity index (χ0v) is 15.6. The molecule has 0 aliphatic heterocycles. The van der Waals surface area contributed by atoms with Gasteiger partial charge in [-0.2, -0.15) is 0 Å². The lowest BCUT2D eigenvalue weighted by Crippen LogP contribution is -2.14. The highest BCUT2D eigenvalue weighted by Crippen LogP contribution is 2.30. The molecular formula is C19H14ClN5OS. The lowest BCUT2D eigenvalue weighted by Gasteiger charge is -2.05. The minimum absolute atomic E-state index is 0.150. The molecule has 0 aliphatic carbocycles. The van der Waals surface area contributed by atoms with Crippen molar-refractivity contribution in [1.82, 2.24) is 19.5 Å². The molecule has 1 amide bonds. The summed E-state index contributed by atoms with van der Waals surface area (Å²) >= 11 is 7.67. The Labute approximate surface area is 164 Å². The lowest BCUT2D eigenvalue weighted by atomic mass is 10.2. The Bertz CT molecular complexity index is 1060. The Morgan fingerprint density at radius 3 is 2.85 bits per heavy atom. The number of imidazole rings is 1. The number of halogens is 1. The van der Waals surface area contributed by atoms with Crippen molar-refractivity contribution < 1.29 is 4.79 Å². The summed E-state index contributed by atoms with van der Waals surface area (Å²) in [6.07, 6.45) is 6.95. The molecule has 0 fully saturated rings. The van der Waals surface area contributed by atoms with Crippen LogP contribution in [0.3, 0.4) is 0 Å². The van der Waals surface area contributed by atoms with E-state index in [1.54, 1.807) is 35.6 Å². The first kappa shape index (κ1) is 17.4. The average Bonchev–Trinajstić information content (AvgIpc) is 3.35. The van der Waals surface area contributed by atoms with Crippen LogP contribution < -0.4 is 5.32 Å². The van der Waals surface area contributed by atoms with Crippen LogP contribution in [-0.2, 0) is 11.2 Å². The number of hydrogen-bond acceptors (Lipinski definition) is 5. The van der Waals surface area contributed by atoms with E-state index in [0.717, 1.165) is 16.4 Å². The molecule has 0 saturated carbocycles. The fourth-order valence-electron chi connectivity index (χ4n) is 2.52. The number of pyridine rings is 1. The van der Waals surface area contributed by atoms with E-state index < -0.39 is 0 Å². The summed E-state index contributed by atoms with van der Waals surface area (Å²) in [6, 6.07) is 11.1. The van der Waals surface area contributed by atoms with Crippen molar-refractivity contribution in [3.05, 3.63) is 77.4 Å². The maximum atomic E-state index is 12.3. The van der Waals surface area contributed by atoms with Gasteiger partial charge < -0.3 is 5.32 Å². The number of carbonyl (C=O) groups is 1. The van der Waals surface area contributed by atoms with Gasteiger partial charge in [-0.15, -0.1) is 11.3 Å². The van der Waals surface area contributed by atoms with Crippen LogP contribution >= 0.6 is 22.9 Å². The van der Waals surface area contributed by atoms with Crippen LogP contribution in [-0.4, -0.2) is 25.4 Å². The zero-order valence-electron chi connectivity index (χ0n) is 14.0. The fourth-order valence-corrected chi connectivity index (χ4v) is 3.66. The minimum Gasteiger partial charge on any atom is -0.324 e. The lowest BCUT2D eigenvalue weighted by molar-refractivity contribution is -0.115. The second-order valence-corrected chi connectivity index (χ2v) is 6.99. The predicted molar refractivity (Wildman–Crippen MR) is 106 cm³/mol. The van der Waals surface area contributed by atoms with Gasteiger partial charge in [-0.1, -0.05) is 29.8 Å². The van der Waals surface area contributed by atoms with E-state index >= 15 is 0 Å². The zero-order chi connectivity index (χ0) is 18.6. The average molecular weight is 396 g/mol. The minimum atomic E-state index is -0.150. The molecule has 4 rings (SSSR count). The number of aromatic nitrogens is 4. The van der Waals surface area contributed by atoms with Crippen molar-refractivity contribution in [2.75, 3.05) is 5.32 Å². The Hall–Kier alpha value is -3.03. The van der Waals surface area contributed by atoms with Gasteiger partial charge in [0.25, 0.3) is 0 Å². The molecule has 0 spiro atoms. The van der Waals surface area contributed by atoms with Crippen molar-refractivity contribution in [2.24, 2.45) is 0 Å². The van der Waals surface area contributed by atoms with Crippen LogP contribution in [0.4, 0.5) is 5.69 Å². The summed E-state index contributed by atoms with van der Waals surface area (Å²) in [6.45, 7) is 0. The molecule has 0 unspecified atom stereocenters. The number of benzene rings is 1. The molecule has 0 saturated heterocycles. The Balaban J connectivity index is 1.41. The summed E-state index contributed by atoms with van der Waals surface area (Å²) in [5.74, 6) is 0.581. The Kier molecular flexibility index (Phi) is 4.95. The maximum absolute atomic E-state index is 12.3. The van der Waals surface area contributed by atoms with E-state index in [0.29, 0.717) is 16.4 Å². The number of nitrogens with zero attached hydrogens (tertiary/aromatic N) is 4. The molecule has 1 aromatic carbocycles. The van der Waals surface area contributed by atoms with E-state index in [-0.39, 0.29) is 12.3 Å². The maximum Gasteiger partial charge on any atom is 0.230 e. The van der Waals surface area contributed by atoms with Gasteiger partial charge in [0.1, 0.15) is 17.2 Å². The predicted octanol–water partition coefficient (Wildman–Crippen LogP) is 4.23. The van der Waals surface area contributed by atoms with Gasteiger partial charge in [0.2, 0.25) is 5.91 Å². The molecule has 0 radical (unpaired) electrons. The van der Waals surface area contributed by atoms with E-state index in [1.165, 1.54) is 11.3 Å². The van der Waals surface area contributed by atoms with E-state index in [2.05, 4.69) is 20.3 Å². The van der Waals surface area contributed by atoms with Crippen LogP contribution in [0.5, 0.6) is 0 Å². The van der Waals surface area contributed by atoms with Crippen molar-refractivity contribution in [3.63, 3.8) is 0 Å². The van der Waals surface area contributed by atoms with Crippen LogP contribution in [0.15, 0.2) is 66.7 Å². The topological polar surface area (TPSA) is 72.7 Å². The third kappa shape index (κ3) is 4.05. The number of hydrogen-bond donors (Lipinski definition) is 1. The number of thiazole rings is 1. The smallest absolute Gasteiger partial charge is 0.230 e.